The van der Waals surface area contributed by atoms with Gasteiger partial charge in [-0.25, -0.2) is 0 Å². The Kier molecular flexibility index (Phi) is 35.9. The van der Waals surface area contributed by atoms with Crippen molar-refractivity contribution < 1.29 is 4.74 Å². The second-order valence-electron chi connectivity index (χ2n) is 2.45. The predicted molar refractivity (Wildman–Crippen MR) is 84.4 cm³/mol. The van der Waals surface area contributed by atoms with Crippen LogP contribution < -0.4 is 4.74 Å². The molecular weight excluding hydrogens is 207 g/mol. The van der Waals surface area contributed by atoms with Gasteiger partial charge in [0.25, 0.3) is 0 Å². The van der Waals surface area contributed by atoms with Gasteiger partial charge in [0.1, 0.15) is 5.75 Å². The number of hydrogen-bond acceptors (Lipinski definition) is 1. The minimum absolute atomic E-state index is 0. The van der Waals surface area contributed by atoms with Crippen LogP contribution in [0.4, 0.5) is 0 Å². The van der Waals surface area contributed by atoms with E-state index in [9.17, 15) is 0 Å². The fourth-order valence-corrected chi connectivity index (χ4v) is 0.841. The highest BCUT2D eigenvalue weighted by Gasteiger charge is 1.93. The zero-order chi connectivity index (χ0) is 11.6. The molecule has 17 heavy (non-hydrogen) atoms. The van der Waals surface area contributed by atoms with Gasteiger partial charge in [0.05, 0.1) is 7.11 Å². The summed E-state index contributed by atoms with van der Waals surface area (Å²) in [5.41, 5.74) is 2.58. The molecule has 0 aliphatic heterocycles. The lowest BCUT2D eigenvalue weighted by Crippen LogP contribution is -1.85. The SMILES string of the molecule is C.C.CC.CC.COc1ccc(C)c(C)c1.[B]. The third-order valence-electron chi connectivity index (χ3n) is 1.71. The van der Waals surface area contributed by atoms with Gasteiger partial charge in [-0.2, -0.15) is 0 Å². The first kappa shape index (κ1) is 29.8. The largest absolute Gasteiger partial charge is 0.497 e. The molecule has 0 aliphatic carbocycles. The molecule has 0 aliphatic rings. The number of aryl methyl sites for hydroxylation is 2. The molecule has 1 nitrogen and oxygen atoms in total. The maximum absolute atomic E-state index is 5.05. The highest BCUT2D eigenvalue weighted by molar-refractivity contribution is 5.75. The van der Waals surface area contributed by atoms with E-state index >= 15 is 0 Å². The molecule has 0 bridgehead atoms. The van der Waals surface area contributed by atoms with Crippen molar-refractivity contribution in [3.05, 3.63) is 29.3 Å². The van der Waals surface area contributed by atoms with E-state index in [2.05, 4.69) is 19.9 Å². The quantitative estimate of drug-likeness (QED) is 0.607. The van der Waals surface area contributed by atoms with Crippen molar-refractivity contribution in [3.8, 4) is 5.75 Å². The van der Waals surface area contributed by atoms with E-state index in [1.54, 1.807) is 7.11 Å². The van der Waals surface area contributed by atoms with Crippen molar-refractivity contribution in [2.45, 2.75) is 56.4 Å². The van der Waals surface area contributed by atoms with E-state index in [0.717, 1.165) is 5.75 Å². The van der Waals surface area contributed by atoms with Gasteiger partial charge < -0.3 is 4.74 Å². The van der Waals surface area contributed by atoms with Gasteiger partial charge in [0.15, 0.2) is 0 Å². The normalized spacial score (nSPS) is 6.29. The minimum atomic E-state index is 0. The lowest BCUT2D eigenvalue weighted by molar-refractivity contribution is 0.414. The molecule has 0 fully saturated rings. The standard InChI is InChI=1S/C9H12O.2C2H6.2CH4.B/c1-7-4-5-9(10-3)6-8(7)2;2*1-2;;;/h4-6H,1-3H3;2*1-2H3;2*1H4;. The Morgan fingerprint density at radius 1 is 0.824 bits per heavy atom. The first-order chi connectivity index (χ1) is 6.74. The molecule has 0 unspecified atom stereocenters. The summed E-state index contributed by atoms with van der Waals surface area (Å²) in [5, 5.41) is 0. The molecule has 0 spiro atoms. The molecule has 1 aromatic carbocycles. The van der Waals surface area contributed by atoms with E-state index in [4.69, 9.17) is 4.74 Å². The summed E-state index contributed by atoms with van der Waals surface area (Å²) in [5.74, 6) is 0.933. The van der Waals surface area contributed by atoms with Crippen molar-refractivity contribution in [2.24, 2.45) is 0 Å². The molecule has 1 rings (SSSR count). The van der Waals surface area contributed by atoms with Crippen molar-refractivity contribution in [1.82, 2.24) is 0 Å². The average Bonchev–Trinajstić information content (AvgIpc) is 2.28. The Labute approximate surface area is 112 Å². The van der Waals surface area contributed by atoms with Crippen LogP contribution >= 0.6 is 0 Å². The lowest BCUT2D eigenvalue weighted by Gasteiger charge is -2.02. The molecule has 0 saturated carbocycles. The van der Waals surface area contributed by atoms with Crippen LogP contribution in [-0.4, -0.2) is 15.5 Å². The zero-order valence-electron chi connectivity index (χ0n) is 11.2. The maximum atomic E-state index is 5.05. The van der Waals surface area contributed by atoms with Crippen LogP contribution in [0.3, 0.4) is 0 Å². The van der Waals surface area contributed by atoms with Gasteiger partial charge >= 0.3 is 0 Å². The highest BCUT2D eigenvalue weighted by Crippen LogP contribution is 2.15. The average molecular weight is 239 g/mol. The highest BCUT2D eigenvalue weighted by atomic mass is 16.5. The summed E-state index contributed by atoms with van der Waals surface area (Å²) in [4.78, 5) is 0. The minimum Gasteiger partial charge on any atom is -0.497 e. The van der Waals surface area contributed by atoms with E-state index in [1.807, 2.05) is 39.8 Å². The summed E-state index contributed by atoms with van der Waals surface area (Å²) in [6.07, 6.45) is 0. The molecule has 3 radical (unpaired) electrons. The Morgan fingerprint density at radius 2 is 1.24 bits per heavy atom. The van der Waals surface area contributed by atoms with Gasteiger partial charge in [-0.3, -0.25) is 0 Å². The first-order valence-corrected chi connectivity index (χ1v) is 5.35. The van der Waals surface area contributed by atoms with Crippen molar-refractivity contribution >= 4 is 8.41 Å². The number of rotatable bonds is 1. The van der Waals surface area contributed by atoms with Gasteiger partial charge in [-0.1, -0.05) is 48.6 Å². The van der Waals surface area contributed by atoms with E-state index < -0.39 is 0 Å². The van der Waals surface area contributed by atoms with E-state index in [1.165, 1.54) is 11.1 Å². The van der Waals surface area contributed by atoms with Crippen LogP contribution in [0.1, 0.15) is 53.7 Å². The van der Waals surface area contributed by atoms with Crippen LogP contribution in [0, 0.1) is 13.8 Å². The monoisotopic (exact) mass is 239 g/mol. The van der Waals surface area contributed by atoms with Gasteiger partial charge in [-0.15, -0.1) is 0 Å². The fourth-order valence-electron chi connectivity index (χ4n) is 0.841. The van der Waals surface area contributed by atoms with Gasteiger partial charge in [-0.05, 0) is 37.1 Å². The maximum Gasteiger partial charge on any atom is 0.119 e. The zero-order valence-corrected chi connectivity index (χ0v) is 11.2. The van der Waals surface area contributed by atoms with E-state index in [0.29, 0.717) is 0 Å². The molecule has 0 atom stereocenters. The Morgan fingerprint density at radius 3 is 1.53 bits per heavy atom. The topological polar surface area (TPSA) is 9.23 Å². The fraction of sp³-hybridized carbons (Fsp3) is 0.600. The number of ether oxygens (including phenoxy) is 1. The predicted octanol–water partition coefficient (Wildman–Crippen LogP) is 5.26. The molecule has 0 saturated heterocycles. The van der Waals surface area contributed by atoms with Gasteiger partial charge in [0.2, 0.25) is 0 Å². The van der Waals surface area contributed by atoms with Crippen LogP contribution in [0.15, 0.2) is 18.2 Å². The third-order valence-corrected chi connectivity index (χ3v) is 1.71. The van der Waals surface area contributed by atoms with Crippen molar-refractivity contribution in [3.63, 3.8) is 0 Å². The molecular formula is C15H32BO. The third kappa shape index (κ3) is 13.0. The molecule has 2 heteroatoms. The molecule has 0 heterocycles. The van der Waals surface area contributed by atoms with Crippen molar-refractivity contribution in [2.75, 3.05) is 7.11 Å². The molecule has 0 N–H and O–H groups in total. The van der Waals surface area contributed by atoms with E-state index in [-0.39, 0.29) is 23.3 Å². The Hall–Kier alpha value is -0.915. The Balaban J connectivity index is -0.0000000625. The molecule has 0 aromatic heterocycles. The number of methoxy groups -OCH3 is 1. The Bertz CT molecular complexity index is 234. The lowest BCUT2D eigenvalue weighted by atomic mass is 10.1. The first-order valence-electron chi connectivity index (χ1n) is 5.35. The van der Waals surface area contributed by atoms with Crippen LogP contribution in [0.2, 0.25) is 0 Å². The summed E-state index contributed by atoms with van der Waals surface area (Å²) < 4.78 is 5.05. The number of benzene rings is 1. The van der Waals surface area contributed by atoms with Gasteiger partial charge in [0, 0.05) is 8.41 Å². The summed E-state index contributed by atoms with van der Waals surface area (Å²) in [6.45, 7) is 12.2. The van der Waals surface area contributed by atoms with Crippen LogP contribution in [0.25, 0.3) is 0 Å². The summed E-state index contributed by atoms with van der Waals surface area (Å²) in [7, 11) is 1.68. The van der Waals surface area contributed by atoms with Crippen LogP contribution in [0.5, 0.6) is 5.75 Å². The molecule has 0 amide bonds. The van der Waals surface area contributed by atoms with Crippen molar-refractivity contribution in [1.29, 1.82) is 0 Å². The second kappa shape index (κ2) is 20.5. The summed E-state index contributed by atoms with van der Waals surface area (Å²) >= 11 is 0. The van der Waals surface area contributed by atoms with Crippen LogP contribution in [-0.2, 0) is 0 Å². The molecule has 101 valence electrons. The second-order valence-corrected chi connectivity index (χ2v) is 2.45. The summed E-state index contributed by atoms with van der Waals surface area (Å²) in [6, 6.07) is 6.08. The smallest absolute Gasteiger partial charge is 0.119 e. The molecule has 1 aromatic rings. The number of hydrogen-bond donors (Lipinski definition) is 0.